The molecule has 0 unspecified atom stereocenters. The van der Waals surface area contributed by atoms with Crippen molar-refractivity contribution in [2.24, 2.45) is 11.3 Å². The molecule has 3 aliphatic carbocycles. The zero-order chi connectivity index (χ0) is 10.5. The molecule has 2 saturated carbocycles. The molecule has 3 fully saturated rings. The lowest BCUT2D eigenvalue weighted by Crippen LogP contribution is -2.59. The number of amides is 1. The number of carbonyl (C=O) groups is 1. The van der Waals surface area contributed by atoms with E-state index in [-0.39, 0.29) is 0 Å². The third kappa shape index (κ3) is 0.580. The van der Waals surface area contributed by atoms with E-state index in [4.69, 9.17) is 0 Å². The van der Waals surface area contributed by atoms with Crippen molar-refractivity contribution in [1.29, 1.82) is 0 Å². The average molecular weight is 211 g/mol. The molecule has 4 aliphatic rings. The molecule has 80 valence electrons. The fraction of sp³-hybridized carbons (Fsp3) is 0.500. The minimum atomic E-state index is 0.304. The van der Waals surface area contributed by atoms with Crippen LogP contribution >= 0.6 is 0 Å². The maximum atomic E-state index is 11.7. The topological polar surface area (TPSA) is 29.1 Å². The summed E-state index contributed by atoms with van der Waals surface area (Å²) in [6.07, 6.45) is 2.66. The van der Waals surface area contributed by atoms with E-state index in [0.29, 0.717) is 35.1 Å². The molecule has 5 rings (SSSR count). The molecule has 1 saturated heterocycles. The Morgan fingerprint density at radius 3 is 2.44 bits per heavy atom. The summed E-state index contributed by atoms with van der Waals surface area (Å²) in [4.78, 5) is 11.7. The zero-order valence-corrected chi connectivity index (χ0v) is 8.94. The third-order valence-electron chi connectivity index (χ3n) is 5.45. The van der Waals surface area contributed by atoms with Gasteiger partial charge in [-0.15, -0.1) is 0 Å². The molecule has 4 atom stereocenters. The second-order valence-corrected chi connectivity index (χ2v) is 5.88. The Balaban J connectivity index is 1.81. The number of rotatable bonds is 0. The number of nitrogens with one attached hydrogen (secondary N) is 1. The highest BCUT2D eigenvalue weighted by Gasteiger charge is 2.75. The van der Waals surface area contributed by atoms with Crippen LogP contribution in [0.5, 0.6) is 0 Å². The van der Waals surface area contributed by atoms with E-state index in [1.807, 2.05) is 0 Å². The highest BCUT2D eigenvalue weighted by Crippen LogP contribution is 2.78. The Labute approximate surface area is 94.0 Å². The van der Waals surface area contributed by atoms with Gasteiger partial charge in [-0.2, -0.15) is 0 Å². The van der Waals surface area contributed by atoms with Gasteiger partial charge in [0.05, 0.1) is 5.92 Å². The Kier molecular flexibility index (Phi) is 1.02. The van der Waals surface area contributed by atoms with Crippen LogP contribution in [0.2, 0.25) is 0 Å². The molecule has 2 nitrogen and oxygen atoms in total. The van der Waals surface area contributed by atoms with Crippen LogP contribution in [0.4, 0.5) is 0 Å². The normalized spacial score (nSPS) is 43.6. The Morgan fingerprint density at radius 1 is 1.12 bits per heavy atom. The summed E-state index contributed by atoms with van der Waals surface area (Å²) in [7, 11) is 0. The molecule has 2 heteroatoms. The first-order chi connectivity index (χ1) is 7.83. The molecule has 0 radical (unpaired) electrons. The first kappa shape index (κ1) is 7.88. The van der Waals surface area contributed by atoms with Crippen molar-refractivity contribution in [3.63, 3.8) is 0 Å². The lowest BCUT2D eigenvalue weighted by Gasteiger charge is -2.40. The SMILES string of the molecule is O=C1N[C@H]2[C@@H]1[C@H]1c3ccccc3[C@H]2C12CC2. The van der Waals surface area contributed by atoms with Gasteiger partial charge in [-0.25, -0.2) is 0 Å². The molecule has 1 amide bonds. The molecule has 1 aromatic rings. The Morgan fingerprint density at radius 2 is 1.81 bits per heavy atom. The van der Waals surface area contributed by atoms with E-state index < -0.39 is 0 Å². The van der Waals surface area contributed by atoms with Gasteiger partial charge in [-0.1, -0.05) is 24.3 Å². The van der Waals surface area contributed by atoms with Crippen LogP contribution in [0.3, 0.4) is 0 Å². The summed E-state index contributed by atoms with van der Waals surface area (Å²) in [6, 6.07) is 9.27. The second-order valence-electron chi connectivity index (χ2n) is 5.88. The number of β-lactam (4-membered cyclic amide) rings is 1. The largest absolute Gasteiger partial charge is 0.352 e. The minimum Gasteiger partial charge on any atom is -0.352 e. The standard InChI is InChI=1S/C14H13NO/c16-13-9-10-7-3-1-2-4-8(7)11(12(9)15-13)14(10)5-6-14/h1-4,9-12H,5-6H2,(H,15,16)/t9-,10+,11+,12-/m0/s1. The maximum Gasteiger partial charge on any atom is 0.226 e. The fourth-order valence-electron chi connectivity index (χ4n) is 4.83. The fourth-order valence-corrected chi connectivity index (χ4v) is 4.83. The first-order valence-corrected chi connectivity index (χ1v) is 6.22. The summed E-state index contributed by atoms with van der Waals surface area (Å²) >= 11 is 0. The summed E-state index contributed by atoms with van der Waals surface area (Å²) in [5.41, 5.74) is 3.51. The summed E-state index contributed by atoms with van der Waals surface area (Å²) < 4.78 is 0. The van der Waals surface area contributed by atoms with Gasteiger partial charge in [0.25, 0.3) is 0 Å². The summed E-state index contributed by atoms with van der Waals surface area (Å²) in [5, 5.41) is 3.13. The van der Waals surface area contributed by atoms with Gasteiger partial charge in [0.2, 0.25) is 5.91 Å². The van der Waals surface area contributed by atoms with Crippen LogP contribution in [0.25, 0.3) is 0 Å². The maximum absolute atomic E-state index is 11.7. The number of hydrogen-bond acceptors (Lipinski definition) is 1. The van der Waals surface area contributed by atoms with Gasteiger partial charge >= 0.3 is 0 Å². The summed E-state index contributed by atoms with van der Waals surface area (Å²) in [5.74, 6) is 1.80. The van der Waals surface area contributed by atoms with Crippen molar-refractivity contribution in [2.45, 2.75) is 30.7 Å². The van der Waals surface area contributed by atoms with E-state index in [9.17, 15) is 4.79 Å². The number of hydrogen-bond donors (Lipinski definition) is 1. The Hall–Kier alpha value is -1.31. The van der Waals surface area contributed by atoms with Gasteiger partial charge in [0.1, 0.15) is 0 Å². The monoisotopic (exact) mass is 211 g/mol. The van der Waals surface area contributed by atoms with Gasteiger partial charge in [0.15, 0.2) is 0 Å². The molecule has 1 spiro atoms. The lowest BCUT2D eigenvalue weighted by atomic mass is 9.75. The number of fused-ring (bicyclic) bond motifs is 6. The van der Waals surface area contributed by atoms with Crippen LogP contribution in [0, 0.1) is 11.3 Å². The molecule has 1 aromatic carbocycles. The second kappa shape index (κ2) is 2.06. The quantitative estimate of drug-likeness (QED) is 0.651. The molecule has 2 bridgehead atoms. The molecule has 1 N–H and O–H groups in total. The molecular formula is C14H13NO. The predicted octanol–water partition coefficient (Wildman–Crippen LogP) is 1.78. The van der Waals surface area contributed by atoms with E-state index in [0.717, 1.165) is 0 Å². The van der Waals surface area contributed by atoms with Crippen molar-refractivity contribution in [2.75, 3.05) is 0 Å². The van der Waals surface area contributed by atoms with E-state index in [1.54, 1.807) is 0 Å². The van der Waals surface area contributed by atoms with E-state index in [1.165, 1.54) is 24.0 Å². The minimum absolute atomic E-state index is 0.304. The number of benzene rings is 1. The van der Waals surface area contributed by atoms with Gasteiger partial charge in [0, 0.05) is 17.9 Å². The van der Waals surface area contributed by atoms with Crippen LogP contribution in [0.1, 0.15) is 35.8 Å². The zero-order valence-electron chi connectivity index (χ0n) is 8.94. The average Bonchev–Trinajstić information content (AvgIpc) is 2.97. The first-order valence-electron chi connectivity index (χ1n) is 6.22. The highest BCUT2D eigenvalue weighted by molar-refractivity contribution is 5.90. The molecule has 16 heavy (non-hydrogen) atoms. The van der Waals surface area contributed by atoms with E-state index in [2.05, 4.69) is 29.6 Å². The molecule has 1 heterocycles. The van der Waals surface area contributed by atoms with Crippen molar-refractivity contribution in [3.8, 4) is 0 Å². The molecular weight excluding hydrogens is 198 g/mol. The van der Waals surface area contributed by atoms with Crippen LogP contribution in [-0.4, -0.2) is 11.9 Å². The van der Waals surface area contributed by atoms with E-state index >= 15 is 0 Å². The smallest absolute Gasteiger partial charge is 0.226 e. The van der Waals surface area contributed by atoms with Crippen molar-refractivity contribution >= 4 is 5.91 Å². The van der Waals surface area contributed by atoms with Crippen LogP contribution in [0.15, 0.2) is 24.3 Å². The van der Waals surface area contributed by atoms with Crippen molar-refractivity contribution < 1.29 is 4.79 Å². The predicted molar refractivity (Wildman–Crippen MR) is 59.0 cm³/mol. The molecule has 0 aromatic heterocycles. The summed E-state index contributed by atoms with van der Waals surface area (Å²) in [6.45, 7) is 0. The van der Waals surface area contributed by atoms with Crippen molar-refractivity contribution in [3.05, 3.63) is 35.4 Å². The number of carbonyl (C=O) groups excluding carboxylic acids is 1. The third-order valence-corrected chi connectivity index (χ3v) is 5.45. The lowest BCUT2D eigenvalue weighted by molar-refractivity contribution is -0.134. The van der Waals surface area contributed by atoms with Gasteiger partial charge in [-0.3, -0.25) is 4.79 Å². The Bertz CT molecular complexity index is 531. The van der Waals surface area contributed by atoms with Gasteiger partial charge < -0.3 is 5.32 Å². The molecule has 1 aliphatic heterocycles. The van der Waals surface area contributed by atoms with Crippen molar-refractivity contribution in [1.82, 2.24) is 5.32 Å². The van der Waals surface area contributed by atoms with Gasteiger partial charge in [-0.05, 0) is 29.4 Å². The highest BCUT2D eigenvalue weighted by atomic mass is 16.2. The van der Waals surface area contributed by atoms with Crippen LogP contribution < -0.4 is 5.32 Å². The van der Waals surface area contributed by atoms with Crippen LogP contribution in [-0.2, 0) is 4.79 Å².